The lowest BCUT2D eigenvalue weighted by Gasteiger charge is -2.58. The summed E-state index contributed by atoms with van der Waals surface area (Å²) in [5, 5.41) is 3.10. The molecule has 0 aromatic heterocycles. The van der Waals surface area contributed by atoms with Gasteiger partial charge in [0.15, 0.2) is 0 Å². The van der Waals surface area contributed by atoms with Crippen LogP contribution in [0.15, 0.2) is 0 Å². The molecule has 0 radical (unpaired) electrons. The highest BCUT2D eigenvalue weighted by molar-refractivity contribution is 5.75. The molecule has 3 rings (SSSR count). The topological polar surface area (TPSA) is 50.8 Å². The van der Waals surface area contributed by atoms with Crippen molar-refractivity contribution >= 4 is 6.03 Å². The number of amides is 2. The maximum absolute atomic E-state index is 12.7. The highest BCUT2D eigenvalue weighted by atomic mass is 16.5. The summed E-state index contributed by atoms with van der Waals surface area (Å²) < 4.78 is 11.5. The average Bonchev–Trinajstić information content (AvgIpc) is 3.14. The van der Waals surface area contributed by atoms with Crippen LogP contribution in [0.4, 0.5) is 4.79 Å². The Balaban J connectivity index is 1.62. The first kappa shape index (κ1) is 16.1. The van der Waals surface area contributed by atoms with E-state index < -0.39 is 0 Å². The molecule has 0 bridgehead atoms. The number of carbonyl (C=O) groups is 1. The van der Waals surface area contributed by atoms with Gasteiger partial charge in [-0.25, -0.2) is 4.79 Å². The molecule has 1 aliphatic carbocycles. The molecule has 3 fully saturated rings. The predicted molar refractivity (Wildman–Crippen MR) is 84.8 cm³/mol. The first-order valence-electron chi connectivity index (χ1n) is 8.83. The van der Waals surface area contributed by atoms with Gasteiger partial charge in [-0.05, 0) is 25.7 Å². The lowest BCUT2D eigenvalue weighted by Crippen LogP contribution is -2.69. The number of ether oxygens (including phenoxy) is 2. The predicted octanol–water partition coefficient (Wildman–Crippen LogP) is 2.40. The van der Waals surface area contributed by atoms with Crippen LogP contribution in [-0.2, 0) is 9.47 Å². The van der Waals surface area contributed by atoms with Crippen LogP contribution in [0.2, 0.25) is 0 Å². The van der Waals surface area contributed by atoms with E-state index in [0.717, 1.165) is 45.4 Å². The van der Waals surface area contributed by atoms with Gasteiger partial charge in [0, 0.05) is 43.7 Å². The number of urea groups is 1. The number of carbonyl (C=O) groups excluding carboxylic acids is 1. The minimum Gasteiger partial charge on any atom is -0.377 e. The quantitative estimate of drug-likeness (QED) is 0.848. The van der Waals surface area contributed by atoms with E-state index >= 15 is 0 Å². The molecular formula is C17H30N2O3. The van der Waals surface area contributed by atoms with Crippen molar-refractivity contribution in [3.05, 3.63) is 0 Å². The van der Waals surface area contributed by atoms with E-state index in [-0.39, 0.29) is 17.6 Å². The van der Waals surface area contributed by atoms with Crippen LogP contribution < -0.4 is 5.32 Å². The zero-order valence-electron chi connectivity index (χ0n) is 14.1. The van der Waals surface area contributed by atoms with Gasteiger partial charge in [0.05, 0.1) is 12.2 Å². The summed E-state index contributed by atoms with van der Waals surface area (Å²) >= 11 is 0. The van der Waals surface area contributed by atoms with Gasteiger partial charge in [-0.3, -0.25) is 0 Å². The number of nitrogens with zero attached hydrogens (tertiary/aromatic N) is 1. The van der Waals surface area contributed by atoms with E-state index in [2.05, 4.69) is 31.0 Å². The van der Waals surface area contributed by atoms with Crippen molar-refractivity contribution in [3.63, 3.8) is 0 Å². The fraction of sp³-hybridized carbons (Fsp3) is 0.941. The minimum absolute atomic E-state index is 0.0531. The smallest absolute Gasteiger partial charge is 0.317 e. The molecule has 0 aromatic rings. The monoisotopic (exact) mass is 310 g/mol. The van der Waals surface area contributed by atoms with Crippen molar-refractivity contribution in [2.45, 2.75) is 64.7 Å². The van der Waals surface area contributed by atoms with Gasteiger partial charge >= 0.3 is 6.03 Å². The highest BCUT2D eigenvalue weighted by Crippen LogP contribution is 2.54. The summed E-state index contributed by atoms with van der Waals surface area (Å²) in [5.41, 5.74) is 0.0531. The van der Waals surface area contributed by atoms with Crippen LogP contribution in [0.3, 0.4) is 0 Å². The molecule has 1 saturated carbocycles. The van der Waals surface area contributed by atoms with Gasteiger partial charge in [-0.15, -0.1) is 0 Å². The lowest BCUT2D eigenvalue weighted by atomic mass is 9.56. The van der Waals surface area contributed by atoms with Crippen molar-refractivity contribution in [2.75, 3.05) is 26.3 Å². The Morgan fingerprint density at radius 3 is 2.77 bits per heavy atom. The second kappa shape index (κ2) is 6.36. The van der Waals surface area contributed by atoms with Crippen molar-refractivity contribution in [3.8, 4) is 0 Å². The van der Waals surface area contributed by atoms with Crippen molar-refractivity contribution < 1.29 is 14.3 Å². The second-order valence-electron chi connectivity index (χ2n) is 7.52. The first-order valence-corrected chi connectivity index (χ1v) is 8.83. The van der Waals surface area contributed by atoms with Crippen LogP contribution >= 0.6 is 0 Å². The number of nitrogens with one attached hydrogen (secondary N) is 1. The summed E-state index contributed by atoms with van der Waals surface area (Å²) in [4.78, 5) is 14.8. The number of fused-ring (bicyclic) bond motifs is 1. The second-order valence-corrected chi connectivity index (χ2v) is 7.52. The van der Waals surface area contributed by atoms with E-state index in [1.54, 1.807) is 0 Å². The maximum atomic E-state index is 12.7. The normalized spacial score (nSPS) is 35.8. The molecule has 126 valence electrons. The SMILES string of the molecule is CCCN(C(=O)NC[C@@H]1CCCO1)[C@@H]1[C@@H]2CCO[C@@H]2C1(C)C. The van der Waals surface area contributed by atoms with E-state index in [4.69, 9.17) is 9.47 Å². The molecule has 2 heterocycles. The highest BCUT2D eigenvalue weighted by Gasteiger charge is 2.62. The number of hydrogen-bond donors (Lipinski definition) is 1. The Hall–Kier alpha value is -0.810. The van der Waals surface area contributed by atoms with Gasteiger partial charge in [-0.2, -0.15) is 0 Å². The standard InChI is InChI=1S/C17H30N2O3/c1-4-8-19(16(20)18-11-12-6-5-9-21-12)14-13-7-10-22-15(13)17(14,2)3/h12-15H,4-11H2,1-3H3,(H,18,20)/t12-,13-,14+,15-/m0/s1. The largest absolute Gasteiger partial charge is 0.377 e. The number of rotatable bonds is 5. The van der Waals surface area contributed by atoms with Gasteiger partial charge in [0.1, 0.15) is 0 Å². The maximum Gasteiger partial charge on any atom is 0.317 e. The molecule has 1 N–H and O–H groups in total. The van der Waals surface area contributed by atoms with E-state index in [1.165, 1.54) is 0 Å². The number of hydrogen-bond acceptors (Lipinski definition) is 3. The van der Waals surface area contributed by atoms with Gasteiger partial charge < -0.3 is 19.7 Å². The molecule has 0 spiro atoms. The van der Waals surface area contributed by atoms with Gasteiger partial charge in [0.2, 0.25) is 0 Å². The van der Waals surface area contributed by atoms with Crippen molar-refractivity contribution in [1.29, 1.82) is 0 Å². The summed E-state index contributed by atoms with van der Waals surface area (Å²) in [6.07, 6.45) is 4.75. The van der Waals surface area contributed by atoms with Crippen LogP contribution in [0.5, 0.6) is 0 Å². The van der Waals surface area contributed by atoms with Crippen molar-refractivity contribution in [2.24, 2.45) is 11.3 Å². The van der Waals surface area contributed by atoms with E-state index in [9.17, 15) is 4.79 Å². The Kier molecular flexibility index (Phi) is 4.64. The summed E-state index contributed by atoms with van der Waals surface area (Å²) in [6, 6.07) is 0.366. The van der Waals surface area contributed by atoms with E-state index in [0.29, 0.717) is 24.6 Å². The molecule has 4 atom stereocenters. The minimum atomic E-state index is 0.0531. The van der Waals surface area contributed by atoms with Gasteiger partial charge in [0.25, 0.3) is 0 Å². The lowest BCUT2D eigenvalue weighted by molar-refractivity contribution is -0.143. The molecule has 5 heteroatoms. The third-order valence-corrected chi connectivity index (χ3v) is 5.60. The molecule has 22 heavy (non-hydrogen) atoms. The van der Waals surface area contributed by atoms with Crippen LogP contribution in [-0.4, -0.2) is 55.5 Å². The first-order chi connectivity index (χ1) is 10.6. The summed E-state index contributed by atoms with van der Waals surface area (Å²) in [7, 11) is 0. The molecule has 2 aliphatic heterocycles. The molecular weight excluding hydrogens is 280 g/mol. The summed E-state index contributed by atoms with van der Waals surface area (Å²) in [6.45, 7) is 9.73. The summed E-state index contributed by atoms with van der Waals surface area (Å²) in [5.74, 6) is 0.509. The fourth-order valence-corrected chi connectivity index (χ4v) is 4.65. The van der Waals surface area contributed by atoms with Crippen LogP contribution in [0.25, 0.3) is 0 Å². The third-order valence-electron chi connectivity index (χ3n) is 5.60. The van der Waals surface area contributed by atoms with Crippen LogP contribution in [0, 0.1) is 11.3 Å². The van der Waals surface area contributed by atoms with Gasteiger partial charge in [-0.1, -0.05) is 20.8 Å². The Bertz CT molecular complexity index is 407. The molecule has 0 aromatic carbocycles. The van der Waals surface area contributed by atoms with E-state index in [1.807, 2.05) is 0 Å². The molecule has 3 aliphatic rings. The fourth-order valence-electron chi connectivity index (χ4n) is 4.65. The Morgan fingerprint density at radius 1 is 1.27 bits per heavy atom. The molecule has 0 unspecified atom stereocenters. The average molecular weight is 310 g/mol. The molecule has 2 amide bonds. The molecule has 5 nitrogen and oxygen atoms in total. The van der Waals surface area contributed by atoms with Crippen molar-refractivity contribution in [1.82, 2.24) is 10.2 Å². The third kappa shape index (κ3) is 2.73. The zero-order valence-corrected chi connectivity index (χ0v) is 14.1. The molecule has 2 saturated heterocycles. The Labute approximate surface area is 133 Å². The van der Waals surface area contributed by atoms with Crippen LogP contribution in [0.1, 0.15) is 46.5 Å². The zero-order chi connectivity index (χ0) is 15.7. The Morgan fingerprint density at radius 2 is 2.09 bits per heavy atom.